The zero-order valence-electron chi connectivity index (χ0n) is 17.2. The van der Waals surface area contributed by atoms with Crippen molar-refractivity contribution in [1.82, 2.24) is 4.90 Å². The van der Waals surface area contributed by atoms with Gasteiger partial charge in [0.25, 0.3) is 11.8 Å². The molecule has 3 aromatic rings. The van der Waals surface area contributed by atoms with Crippen LogP contribution in [0.1, 0.15) is 16.7 Å². The molecule has 7 heteroatoms. The maximum Gasteiger partial charge on any atom is 0.278 e. The van der Waals surface area contributed by atoms with Crippen LogP contribution in [0.25, 0.3) is 5.57 Å². The zero-order valence-corrected chi connectivity index (χ0v) is 17.9. The van der Waals surface area contributed by atoms with E-state index in [4.69, 9.17) is 11.6 Å². The number of carbonyl (C=O) groups is 2. The van der Waals surface area contributed by atoms with Crippen LogP contribution in [-0.2, 0) is 16.0 Å². The van der Waals surface area contributed by atoms with Gasteiger partial charge in [-0.05, 0) is 48.7 Å². The van der Waals surface area contributed by atoms with Crippen LogP contribution in [0.2, 0.25) is 5.02 Å². The Balaban J connectivity index is 1.66. The average Bonchev–Trinajstić information content (AvgIpc) is 3.00. The largest absolute Gasteiger partial charge is 0.350 e. The third-order valence-corrected chi connectivity index (χ3v) is 5.49. The topological polar surface area (TPSA) is 49.4 Å². The van der Waals surface area contributed by atoms with Gasteiger partial charge < -0.3 is 5.32 Å². The van der Waals surface area contributed by atoms with E-state index < -0.39 is 23.4 Å². The minimum atomic E-state index is -1.05. The number of benzene rings is 3. The van der Waals surface area contributed by atoms with Crippen molar-refractivity contribution in [1.29, 1.82) is 0 Å². The van der Waals surface area contributed by atoms with Crippen molar-refractivity contribution >= 4 is 34.7 Å². The summed E-state index contributed by atoms with van der Waals surface area (Å²) < 4.78 is 27.0. The lowest BCUT2D eigenvalue weighted by atomic mass is 10.0. The van der Waals surface area contributed by atoms with Gasteiger partial charge in [-0.2, -0.15) is 0 Å². The predicted octanol–water partition coefficient (Wildman–Crippen LogP) is 5.36. The van der Waals surface area contributed by atoms with E-state index in [1.54, 1.807) is 24.3 Å². The molecule has 0 saturated carbocycles. The second-order valence-electron chi connectivity index (χ2n) is 7.51. The Hall–Kier alpha value is -3.51. The summed E-state index contributed by atoms with van der Waals surface area (Å²) >= 11 is 5.92. The van der Waals surface area contributed by atoms with Crippen LogP contribution < -0.4 is 5.32 Å². The van der Waals surface area contributed by atoms with Gasteiger partial charge in [0.2, 0.25) is 0 Å². The molecule has 2 amide bonds. The molecule has 0 spiro atoms. The molecule has 0 radical (unpaired) electrons. The summed E-state index contributed by atoms with van der Waals surface area (Å²) in [7, 11) is 0. The second-order valence-corrected chi connectivity index (χ2v) is 7.94. The quantitative estimate of drug-likeness (QED) is 0.512. The number of hydrogen-bond donors (Lipinski definition) is 1. The molecule has 0 atom stereocenters. The second kappa shape index (κ2) is 8.93. The van der Waals surface area contributed by atoms with Crippen LogP contribution in [-0.4, -0.2) is 23.3 Å². The van der Waals surface area contributed by atoms with Crippen molar-refractivity contribution in [3.63, 3.8) is 0 Å². The van der Waals surface area contributed by atoms with E-state index in [9.17, 15) is 18.4 Å². The fraction of sp³-hybridized carbons (Fsp3) is 0.120. The summed E-state index contributed by atoms with van der Waals surface area (Å²) in [6.45, 7) is 2.08. The van der Waals surface area contributed by atoms with Crippen molar-refractivity contribution < 1.29 is 18.4 Å². The molecule has 32 heavy (non-hydrogen) atoms. The van der Waals surface area contributed by atoms with Crippen LogP contribution in [0, 0.1) is 18.6 Å². The van der Waals surface area contributed by atoms with Crippen LogP contribution >= 0.6 is 11.6 Å². The van der Waals surface area contributed by atoms with Crippen LogP contribution in [0.3, 0.4) is 0 Å². The standard InChI is InChI=1S/C25H19ClF2N2O2/c1-15-2-6-17(7-3-15)22-23(29-19-10-11-20(27)21(28)14-19)25(32)30(24(22)31)13-12-16-4-8-18(26)9-5-16/h2-11,14,29H,12-13H2,1H3. The lowest BCUT2D eigenvalue weighted by Gasteiger charge is -2.15. The third-order valence-electron chi connectivity index (χ3n) is 5.23. The van der Waals surface area contributed by atoms with Crippen molar-refractivity contribution in [3.05, 3.63) is 106 Å². The van der Waals surface area contributed by atoms with E-state index in [1.165, 1.54) is 6.07 Å². The van der Waals surface area contributed by atoms with Crippen LogP contribution in [0.4, 0.5) is 14.5 Å². The minimum absolute atomic E-state index is 0.0287. The van der Waals surface area contributed by atoms with Crippen LogP contribution in [0.15, 0.2) is 72.4 Å². The predicted molar refractivity (Wildman–Crippen MR) is 120 cm³/mol. The highest BCUT2D eigenvalue weighted by Gasteiger charge is 2.39. The molecule has 1 aliphatic heterocycles. The number of anilines is 1. The molecule has 1 heterocycles. The Morgan fingerprint density at radius 1 is 0.875 bits per heavy atom. The number of carbonyl (C=O) groups excluding carboxylic acids is 2. The smallest absolute Gasteiger partial charge is 0.278 e. The summed E-state index contributed by atoms with van der Waals surface area (Å²) in [6.07, 6.45) is 0.453. The van der Waals surface area contributed by atoms with E-state index in [0.717, 1.165) is 28.2 Å². The Morgan fingerprint density at radius 3 is 2.22 bits per heavy atom. The van der Waals surface area contributed by atoms with E-state index in [1.807, 2.05) is 31.2 Å². The lowest BCUT2D eigenvalue weighted by Crippen LogP contribution is -2.34. The number of rotatable bonds is 6. The van der Waals surface area contributed by atoms with Gasteiger partial charge in [0.05, 0.1) is 5.57 Å². The maximum atomic E-state index is 13.7. The molecular formula is C25H19ClF2N2O2. The van der Waals surface area contributed by atoms with Crippen LogP contribution in [0.5, 0.6) is 0 Å². The van der Waals surface area contributed by atoms with E-state index in [0.29, 0.717) is 17.0 Å². The number of imide groups is 1. The SMILES string of the molecule is Cc1ccc(C2=C(Nc3ccc(F)c(F)c3)C(=O)N(CCc3ccc(Cl)cc3)C2=O)cc1. The minimum Gasteiger partial charge on any atom is -0.350 e. The van der Waals surface area contributed by atoms with Gasteiger partial charge in [-0.25, -0.2) is 8.78 Å². The van der Waals surface area contributed by atoms with Crippen molar-refractivity contribution in [3.8, 4) is 0 Å². The Morgan fingerprint density at radius 2 is 1.56 bits per heavy atom. The monoisotopic (exact) mass is 452 g/mol. The highest BCUT2D eigenvalue weighted by atomic mass is 35.5. The molecule has 0 fully saturated rings. The first kappa shape index (κ1) is 21.7. The molecule has 0 unspecified atom stereocenters. The highest BCUT2D eigenvalue weighted by molar-refractivity contribution is 6.36. The fourth-order valence-electron chi connectivity index (χ4n) is 3.49. The van der Waals surface area contributed by atoms with Gasteiger partial charge in [-0.1, -0.05) is 53.6 Å². The summed E-state index contributed by atoms with van der Waals surface area (Å²) in [5.74, 6) is -3.02. The van der Waals surface area contributed by atoms with Gasteiger partial charge in [-0.3, -0.25) is 14.5 Å². The number of amides is 2. The Labute approximate surface area is 189 Å². The van der Waals surface area contributed by atoms with Gasteiger partial charge in [-0.15, -0.1) is 0 Å². The first-order valence-corrected chi connectivity index (χ1v) is 10.4. The van der Waals surface area contributed by atoms with Crippen molar-refractivity contribution in [2.24, 2.45) is 0 Å². The molecule has 162 valence electrons. The summed E-state index contributed by atoms with van der Waals surface area (Å²) in [5, 5.41) is 3.43. The molecule has 1 N–H and O–H groups in total. The first-order valence-electron chi connectivity index (χ1n) is 9.97. The molecule has 3 aromatic carbocycles. The van der Waals surface area contributed by atoms with Crippen molar-refractivity contribution in [2.75, 3.05) is 11.9 Å². The Bertz CT molecular complexity index is 1220. The van der Waals surface area contributed by atoms with Crippen molar-refractivity contribution in [2.45, 2.75) is 13.3 Å². The number of nitrogens with one attached hydrogen (secondary N) is 1. The first-order chi connectivity index (χ1) is 15.3. The number of hydrogen-bond acceptors (Lipinski definition) is 3. The van der Waals surface area contributed by atoms with Gasteiger partial charge >= 0.3 is 0 Å². The molecule has 0 bridgehead atoms. The lowest BCUT2D eigenvalue weighted by molar-refractivity contribution is -0.136. The van der Waals surface area contributed by atoms with Gasteiger partial charge in [0.15, 0.2) is 11.6 Å². The number of nitrogens with zero attached hydrogens (tertiary/aromatic N) is 1. The summed E-state index contributed by atoms with van der Waals surface area (Å²) in [5.41, 5.74) is 2.88. The highest BCUT2D eigenvalue weighted by Crippen LogP contribution is 2.31. The fourth-order valence-corrected chi connectivity index (χ4v) is 3.62. The number of halogens is 3. The normalized spacial score (nSPS) is 13.8. The van der Waals surface area contributed by atoms with E-state index in [-0.39, 0.29) is 23.5 Å². The summed E-state index contributed by atoms with van der Waals surface area (Å²) in [4.78, 5) is 27.6. The molecular weight excluding hydrogens is 434 g/mol. The molecule has 4 nitrogen and oxygen atoms in total. The molecule has 0 aliphatic carbocycles. The third kappa shape index (κ3) is 4.41. The zero-order chi connectivity index (χ0) is 22.8. The molecule has 0 saturated heterocycles. The Kier molecular flexibility index (Phi) is 6.06. The average molecular weight is 453 g/mol. The van der Waals surface area contributed by atoms with Gasteiger partial charge in [0.1, 0.15) is 5.70 Å². The molecule has 1 aliphatic rings. The molecule has 0 aromatic heterocycles. The maximum absolute atomic E-state index is 13.7. The molecule has 4 rings (SSSR count). The number of aryl methyl sites for hydroxylation is 1. The van der Waals surface area contributed by atoms with E-state index >= 15 is 0 Å². The summed E-state index contributed by atoms with van der Waals surface area (Å²) in [6, 6.07) is 17.6. The van der Waals surface area contributed by atoms with Gasteiger partial charge in [0, 0.05) is 23.3 Å². The van der Waals surface area contributed by atoms with E-state index in [2.05, 4.69) is 5.32 Å².